The molecule has 1 saturated heterocycles. The molecule has 1 aliphatic heterocycles. The maximum absolute atomic E-state index is 11.6. The summed E-state index contributed by atoms with van der Waals surface area (Å²) in [6, 6.07) is 3.27. The lowest BCUT2D eigenvalue weighted by atomic mass is 10.2. The van der Waals surface area contributed by atoms with Crippen LogP contribution in [0.1, 0.15) is 18.4 Å². The van der Waals surface area contributed by atoms with Gasteiger partial charge < -0.3 is 10.6 Å². The topological polar surface area (TPSA) is 88.2 Å². The van der Waals surface area contributed by atoms with Gasteiger partial charge in [0, 0.05) is 25.5 Å². The van der Waals surface area contributed by atoms with Gasteiger partial charge in [-0.2, -0.15) is 0 Å². The summed E-state index contributed by atoms with van der Waals surface area (Å²) >= 11 is 0. The molecule has 0 unspecified atom stereocenters. The van der Waals surface area contributed by atoms with Gasteiger partial charge in [0.05, 0.1) is 11.0 Å². The van der Waals surface area contributed by atoms with Gasteiger partial charge in [-0.3, -0.25) is 4.98 Å². The van der Waals surface area contributed by atoms with Crippen LogP contribution < -0.4 is 10.6 Å². The first kappa shape index (κ1) is 13.8. The molecule has 0 saturated carbocycles. The lowest BCUT2D eigenvalue weighted by molar-refractivity contribution is 0.240. The first-order valence-corrected chi connectivity index (χ1v) is 7.91. The Morgan fingerprint density at radius 3 is 2.68 bits per heavy atom. The van der Waals surface area contributed by atoms with Gasteiger partial charge in [-0.05, 0) is 30.5 Å². The smallest absolute Gasteiger partial charge is 0.315 e. The van der Waals surface area contributed by atoms with Crippen LogP contribution in [-0.2, 0) is 16.4 Å². The van der Waals surface area contributed by atoms with Gasteiger partial charge in [-0.15, -0.1) is 0 Å². The molecule has 1 aromatic heterocycles. The molecular formula is C12H17N3O3S. The van der Waals surface area contributed by atoms with E-state index in [1.54, 1.807) is 12.4 Å². The minimum Gasteiger partial charge on any atom is -0.337 e. The summed E-state index contributed by atoms with van der Waals surface area (Å²) in [5.74, 6) is 0.234. The molecule has 1 aromatic rings. The van der Waals surface area contributed by atoms with Crippen molar-refractivity contribution in [2.75, 3.05) is 12.3 Å². The second-order valence-electron chi connectivity index (χ2n) is 4.55. The van der Waals surface area contributed by atoms with Crippen molar-refractivity contribution in [1.29, 1.82) is 0 Å². The van der Waals surface area contributed by atoms with Crippen LogP contribution in [-0.4, -0.2) is 37.0 Å². The molecule has 6 nitrogen and oxygen atoms in total. The molecule has 1 fully saturated rings. The first-order chi connectivity index (χ1) is 9.08. The zero-order valence-electron chi connectivity index (χ0n) is 10.5. The van der Waals surface area contributed by atoms with Gasteiger partial charge >= 0.3 is 6.03 Å². The molecule has 1 aliphatic rings. The summed E-state index contributed by atoms with van der Waals surface area (Å²) in [7, 11) is -3.00. The maximum Gasteiger partial charge on any atom is 0.315 e. The van der Waals surface area contributed by atoms with Crippen molar-refractivity contribution in [2.24, 2.45) is 0 Å². The molecule has 0 aliphatic carbocycles. The van der Waals surface area contributed by atoms with E-state index in [0.717, 1.165) is 5.56 Å². The number of aromatic nitrogens is 1. The van der Waals surface area contributed by atoms with E-state index in [1.807, 2.05) is 12.1 Å². The minimum atomic E-state index is -3.00. The molecule has 0 spiro atoms. The number of urea groups is 1. The fourth-order valence-corrected chi connectivity index (χ4v) is 3.80. The van der Waals surface area contributed by atoms with Crippen LogP contribution in [0.25, 0.3) is 0 Å². The van der Waals surface area contributed by atoms with Crippen LogP contribution in [0, 0.1) is 0 Å². The van der Waals surface area contributed by atoms with Crippen molar-refractivity contribution in [2.45, 2.75) is 24.6 Å². The summed E-state index contributed by atoms with van der Waals surface area (Å²) in [6.07, 6.45) is 4.63. The van der Waals surface area contributed by atoms with E-state index in [1.165, 1.54) is 0 Å². The largest absolute Gasteiger partial charge is 0.337 e. The van der Waals surface area contributed by atoms with E-state index in [2.05, 4.69) is 15.6 Å². The standard InChI is InChI=1S/C12H17N3O3S/c16-12(14-8-10-3-5-13-6-4-10)15-9-11-2-1-7-19(11,17)18/h3-6,11H,1-2,7-9H2,(H2,14,15,16)/t11-/m0/s1. The number of rotatable bonds is 4. The Kier molecular flexibility index (Phi) is 4.36. The van der Waals surface area contributed by atoms with Crippen molar-refractivity contribution in [3.8, 4) is 0 Å². The van der Waals surface area contributed by atoms with Crippen molar-refractivity contribution < 1.29 is 13.2 Å². The number of nitrogens with zero attached hydrogens (tertiary/aromatic N) is 1. The molecule has 2 heterocycles. The molecule has 1 atom stereocenters. The van der Waals surface area contributed by atoms with Gasteiger partial charge in [0.15, 0.2) is 9.84 Å². The zero-order valence-corrected chi connectivity index (χ0v) is 11.3. The first-order valence-electron chi connectivity index (χ1n) is 6.20. The van der Waals surface area contributed by atoms with Crippen LogP contribution in [0.15, 0.2) is 24.5 Å². The fourth-order valence-electron chi connectivity index (χ4n) is 2.04. The van der Waals surface area contributed by atoms with E-state index < -0.39 is 15.1 Å². The van der Waals surface area contributed by atoms with Gasteiger partial charge in [0.25, 0.3) is 0 Å². The summed E-state index contributed by atoms with van der Waals surface area (Å²) < 4.78 is 23.2. The molecule has 2 N–H and O–H groups in total. The minimum absolute atomic E-state index is 0.185. The lowest BCUT2D eigenvalue weighted by Gasteiger charge is -2.11. The number of sulfone groups is 1. The van der Waals surface area contributed by atoms with Gasteiger partial charge in [-0.1, -0.05) is 0 Å². The molecule has 104 valence electrons. The fraction of sp³-hybridized carbons (Fsp3) is 0.500. The van der Waals surface area contributed by atoms with E-state index in [4.69, 9.17) is 0 Å². The van der Waals surface area contributed by atoms with Crippen LogP contribution >= 0.6 is 0 Å². The average Bonchev–Trinajstić information content (AvgIpc) is 2.74. The number of carbonyl (C=O) groups excluding carboxylic acids is 1. The third-order valence-electron chi connectivity index (χ3n) is 3.16. The normalized spacial score (nSPS) is 20.9. The molecular weight excluding hydrogens is 266 g/mol. The Bertz CT molecular complexity index is 530. The molecule has 0 aromatic carbocycles. The van der Waals surface area contributed by atoms with Gasteiger partial charge in [0.2, 0.25) is 0 Å². The Balaban J connectivity index is 1.73. The van der Waals surface area contributed by atoms with Crippen LogP contribution in [0.2, 0.25) is 0 Å². The van der Waals surface area contributed by atoms with Gasteiger partial charge in [-0.25, -0.2) is 13.2 Å². The zero-order chi connectivity index (χ0) is 13.7. The molecule has 7 heteroatoms. The van der Waals surface area contributed by atoms with Crippen molar-refractivity contribution >= 4 is 15.9 Å². The SMILES string of the molecule is O=C(NCc1ccncc1)NC[C@@H]1CCCS1(=O)=O. The Morgan fingerprint density at radius 1 is 1.32 bits per heavy atom. The molecule has 0 bridgehead atoms. The number of nitrogens with one attached hydrogen (secondary N) is 2. The highest BCUT2D eigenvalue weighted by Gasteiger charge is 2.31. The van der Waals surface area contributed by atoms with E-state index in [9.17, 15) is 13.2 Å². The molecule has 2 rings (SSSR count). The third-order valence-corrected chi connectivity index (χ3v) is 5.43. The second kappa shape index (κ2) is 6.01. The molecule has 19 heavy (non-hydrogen) atoms. The quantitative estimate of drug-likeness (QED) is 0.840. The highest BCUT2D eigenvalue weighted by atomic mass is 32.2. The number of amides is 2. The Hall–Kier alpha value is -1.63. The predicted octanol–water partition coefficient (Wildman–Crippen LogP) is 0.458. The predicted molar refractivity (Wildman–Crippen MR) is 71.3 cm³/mol. The van der Waals surface area contributed by atoms with E-state index in [-0.39, 0.29) is 18.3 Å². The number of carbonyl (C=O) groups is 1. The molecule has 2 amide bonds. The van der Waals surface area contributed by atoms with Crippen molar-refractivity contribution in [1.82, 2.24) is 15.6 Å². The highest BCUT2D eigenvalue weighted by Crippen LogP contribution is 2.18. The number of hydrogen-bond donors (Lipinski definition) is 2. The maximum atomic E-state index is 11.6. The van der Waals surface area contributed by atoms with Crippen molar-refractivity contribution in [3.63, 3.8) is 0 Å². The van der Waals surface area contributed by atoms with Crippen molar-refractivity contribution in [3.05, 3.63) is 30.1 Å². The molecule has 0 radical (unpaired) electrons. The third kappa shape index (κ3) is 3.92. The highest BCUT2D eigenvalue weighted by molar-refractivity contribution is 7.92. The summed E-state index contributed by atoms with van der Waals surface area (Å²) in [4.78, 5) is 15.4. The number of pyridine rings is 1. The summed E-state index contributed by atoms with van der Waals surface area (Å²) in [6.45, 7) is 0.580. The number of hydrogen-bond acceptors (Lipinski definition) is 4. The van der Waals surface area contributed by atoms with Crippen LogP contribution in [0.4, 0.5) is 4.79 Å². The van der Waals surface area contributed by atoms with Gasteiger partial charge in [0.1, 0.15) is 0 Å². The van der Waals surface area contributed by atoms with E-state index >= 15 is 0 Å². The summed E-state index contributed by atoms with van der Waals surface area (Å²) in [5, 5.41) is 4.85. The van der Waals surface area contributed by atoms with Crippen LogP contribution in [0.3, 0.4) is 0 Å². The monoisotopic (exact) mass is 283 g/mol. The average molecular weight is 283 g/mol. The van der Waals surface area contributed by atoms with Crippen LogP contribution in [0.5, 0.6) is 0 Å². The Morgan fingerprint density at radius 2 is 2.05 bits per heavy atom. The second-order valence-corrected chi connectivity index (χ2v) is 6.95. The Labute approximate surface area is 112 Å². The lowest BCUT2D eigenvalue weighted by Crippen LogP contribution is -2.40. The van der Waals surface area contributed by atoms with E-state index in [0.29, 0.717) is 19.4 Å². The summed E-state index contributed by atoms with van der Waals surface area (Å²) in [5.41, 5.74) is 0.943.